The molecule has 0 aromatic heterocycles. The maximum absolute atomic E-state index is 10.7. The van der Waals surface area contributed by atoms with Crippen molar-refractivity contribution >= 4 is 17.3 Å². The van der Waals surface area contributed by atoms with Crippen molar-refractivity contribution in [1.82, 2.24) is 0 Å². The molecule has 0 aliphatic carbocycles. The second-order valence-electron chi connectivity index (χ2n) is 5.02. The lowest BCUT2D eigenvalue weighted by atomic mass is 10.0. The van der Waals surface area contributed by atoms with Gasteiger partial charge in [-0.15, -0.1) is 0 Å². The molecule has 2 atom stereocenters. The predicted octanol–water partition coefficient (Wildman–Crippen LogP) is 3.29. The number of carboxylic acid groups (broad SMARTS) is 1. The van der Waals surface area contributed by atoms with Crippen LogP contribution in [0.2, 0.25) is 0 Å². The highest BCUT2D eigenvalue weighted by Gasteiger charge is 2.11. The van der Waals surface area contributed by atoms with E-state index in [0.29, 0.717) is 6.42 Å². The van der Waals surface area contributed by atoms with E-state index in [9.17, 15) is 14.9 Å². The average molecular weight is 280 g/mol. The zero-order valence-electron chi connectivity index (χ0n) is 11.7. The van der Waals surface area contributed by atoms with Crippen molar-refractivity contribution < 1.29 is 14.8 Å². The van der Waals surface area contributed by atoms with Crippen molar-refractivity contribution in [3.63, 3.8) is 0 Å². The van der Waals surface area contributed by atoms with Gasteiger partial charge >= 0.3 is 5.97 Å². The third-order valence-corrected chi connectivity index (χ3v) is 3.19. The van der Waals surface area contributed by atoms with Crippen LogP contribution >= 0.6 is 0 Å². The molecule has 1 aromatic carbocycles. The summed E-state index contributed by atoms with van der Waals surface area (Å²) in [5.74, 6) is -1.08. The zero-order valence-corrected chi connectivity index (χ0v) is 11.7. The summed E-state index contributed by atoms with van der Waals surface area (Å²) in [5, 5.41) is 22.6. The first-order valence-electron chi connectivity index (χ1n) is 6.64. The van der Waals surface area contributed by atoms with Gasteiger partial charge in [0.25, 0.3) is 5.69 Å². The molecular formula is C14H20N2O4. The molecule has 2 N–H and O–H groups in total. The van der Waals surface area contributed by atoms with Gasteiger partial charge in [-0.3, -0.25) is 14.9 Å². The molecule has 0 saturated carbocycles. The van der Waals surface area contributed by atoms with Gasteiger partial charge in [-0.2, -0.15) is 0 Å². The third kappa shape index (κ3) is 5.26. The molecule has 0 fully saturated rings. The van der Waals surface area contributed by atoms with Crippen molar-refractivity contribution in [3.8, 4) is 0 Å². The van der Waals surface area contributed by atoms with E-state index >= 15 is 0 Å². The van der Waals surface area contributed by atoms with E-state index in [1.165, 1.54) is 12.1 Å². The van der Waals surface area contributed by atoms with Crippen LogP contribution < -0.4 is 5.32 Å². The number of rotatable bonds is 8. The van der Waals surface area contributed by atoms with E-state index in [-0.39, 0.29) is 17.6 Å². The summed E-state index contributed by atoms with van der Waals surface area (Å²) in [4.78, 5) is 20.8. The third-order valence-electron chi connectivity index (χ3n) is 3.19. The van der Waals surface area contributed by atoms with Crippen molar-refractivity contribution in [3.05, 3.63) is 34.4 Å². The first-order valence-corrected chi connectivity index (χ1v) is 6.64. The molecule has 1 aromatic rings. The topological polar surface area (TPSA) is 92.5 Å². The molecule has 6 nitrogen and oxygen atoms in total. The molecule has 1 rings (SSSR count). The Morgan fingerprint density at radius 1 is 1.30 bits per heavy atom. The number of nitrogens with zero attached hydrogens (tertiary/aromatic N) is 1. The van der Waals surface area contributed by atoms with Crippen LogP contribution in [0.5, 0.6) is 0 Å². The summed E-state index contributed by atoms with van der Waals surface area (Å²) in [6.45, 7) is 3.71. The fraction of sp³-hybridized carbons (Fsp3) is 0.500. The Morgan fingerprint density at radius 2 is 1.90 bits per heavy atom. The number of non-ortho nitro benzene ring substituents is 1. The smallest absolute Gasteiger partial charge is 0.306 e. The SMILES string of the molecule is CC(CCCC(C)C(=O)O)Nc1ccc([N+](=O)[O-])cc1. The minimum Gasteiger partial charge on any atom is -0.481 e. The summed E-state index contributed by atoms with van der Waals surface area (Å²) in [7, 11) is 0. The number of carboxylic acids is 1. The van der Waals surface area contributed by atoms with Gasteiger partial charge in [0.15, 0.2) is 0 Å². The number of hydrogen-bond acceptors (Lipinski definition) is 4. The molecule has 0 bridgehead atoms. The van der Waals surface area contributed by atoms with Crippen LogP contribution in [-0.4, -0.2) is 22.0 Å². The zero-order chi connectivity index (χ0) is 15.1. The normalized spacial score (nSPS) is 13.5. The number of carbonyl (C=O) groups is 1. The average Bonchev–Trinajstić information content (AvgIpc) is 2.39. The van der Waals surface area contributed by atoms with Crippen LogP contribution in [0.4, 0.5) is 11.4 Å². The van der Waals surface area contributed by atoms with Crippen LogP contribution in [0.1, 0.15) is 33.1 Å². The summed E-state index contributed by atoms with van der Waals surface area (Å²) >= 11 is 0. The van der Waals surface area contributed by atoms with Crippen LogP contribution in [0.15, 0.2) is 24.3 Å². The molecule has 0 aliphatic heterocycles. The molecule has 6 heteroatoms. The Bertz CT molecular complexity index is 459. The molecule has 0 saturated heterocycles. The summed E-state index contributed by atoms with van der Waals surface area (Å²) < 4.78 is 0. The minimum absolute atomic E-state index is 0.0680. The van der Waals surface area contributed by atoms with Gasteiger partial charge in [-0.05, 0) is 31.9 Å². The van der Waals surface area contributed by atoms with E-state index < -0.39 is 10.9 Å². The second kappa shape index (κ2) is 7.47. The lowest BCUT2D eigenvalue weighted by Crippen LogP contribution is -2.16. The van der Waals surface area contributed by atoms with Gasteiger partial charge in [-0.25, -0.2) is 0 Å². The number of nitro groups is 1. The van der Waals surface area contributed by atoms with E-state index in [1.54, 1.807) is 19.1 Å². The lowest BCUT2D eigenvalue weighted by Gasteiger charge is -2.15. The molecule has 0 amide bonds. The molecule has 0 heterocycles. The molecule has 0 aliphatic rings. The van der Waals surface area contributed by atoms with Gasteiger partial charge < -0.3 is 10.4 Å². The minimum atomic E-state index is -0.763. The molecular weight excluding hydrogens is 260 g/mol. The largest absolute Gasteiger partial charge is 0.481 e. The number of hydrogen-bond donors (Lipinski definition) is 2. The van der Waals surface area contributed by atoms with Gasteiger partial charge in [-0.1, -0.05) is 13.3 Å². The quantitative estimate of drug-likeness (QED) is 0.563. The van der Waals surface area contributed by atoms with Crippen molar-refractivity contribution in [2.24, 2.45) is 5.92 Å². The standard InChI is InChI=1S/C14H20N2O4/c1-10(14(17)18)4-3-5-11(2)15-12-6-8-13(9-7-12)16(19)20/h6-11,15H,3-5H2,1-2H3,(H,17,18). The molecule has 0 radical (unpaired) electrons. The van der Waals surface area contributed by atoms with E-state index in [4.69, 9.17) is 5.11 Å². The number of anilines is 1. The maximum atomic E-state index is 10.7. The van der Waals surface area contributed by atoms with Crippen LogP contribution in [0.25, 0.3) is 0 Å². The van der Waals surface area contributed by atoms with Crippen molar-refractivity contribution in [2.75, 3.05) is 5.32 Å². The Balaban J connectivity index is 2.36. The molecule has 2 unspecified atom stereocenters. The predicted molar refractivity (Wildman–Crippen MR) is 76.8 cm³/mol. The van der Waals surface area contributed by atoms with Crippen LogP contribution in [-0.2, 0) is 4.79 Å². The monoisotopic (exact) mass is 280 g/mol. The number of nitro benzene ring substituents is 1. The Labute approximate surface area is 118 Å². The van der Waals surface area contributed by atoms with Gasteiger partial charge in [0.2, 0.25) is 0 Å². The van der Waals surface area contributed by atoms with E-state index in [1.807, 2.05) is 6.92 Å². The first-order chi connectivity index (χ1) is 9.40. The molecule has 20 heavy (non-hydrogen) atoms. The van der Waals surface area contributed by atoms with Crippen molar-refractivity contribution in [1.29, 1.82) is 0 Å². The van der Waals surface area contributed by atoms with Gasteiger partial charge in [0.05, 0.1) is 10.8 Å². The van der Waals surface area contributed by atoms with E-state index in [0.717, 1.165) is 18.5 Å². The number of nitrogens with one attached hydrogen (secondary N) is 1. The molecule has 0 spiro atoms. The summed E-state index contributed by atoms with van der Waals surface area (Å²) in [6, 6.07) is 6.46. The Hall–Kier alpha value is -2.11. The fourth-order valence-electron chi connectivity index (χ4n) is 1.89. The highest BCUT2D eigenvalue weighted by atomic mass is 16.6. The fourth-order valence-corrected chi connectivity index (χ4v) is 1.89. The Morgan fingerprint density at radius 3 is 2.40 bits per heavy atom. The molecule has 110 valence electrons. The van der Waals surface area contributed by atoms with Gasteiger partial charge in [0, 0.05) is 23.9 Å². The highest BCUT2D eigenvalue weighted by molar-refractivity contribution is 5.69. The number of benzene rings is 1. The van der Waals surface area contributed by atoms with Crippen molar-refractivity contribution in [2.45, 2.75) is 39.2 Å². The van der Waals surface area contributed by atoms with Crippen LogP contribution in [0.3, 0.4) is 0 Å². The highest BCUT2D eigenvalue weighted by Crippen LogP contribution is 2.17. The summed E-state index contributed by atoms with van der Waals surface area (Å²) in [6.07, 6.45) is 2.34. The van der Waals surface area contributed by atoms with Gasteiger partial charge in [0.1, 0.15) is 0 Å². The number of aliphatic carboxylic acids is 1. The lowest BCUT2D eigenvalue weighted by molar-refractivity contribution is -0.384. The van der Waals surface area contributed by atoms with Crippen LogP contribution in [0, 0.1) is 16.0 Å². The van der Waals surface area contributed by atoms with E-state index in [2.05, 4.69) is 5.32 Å². The summed E-state index contributed by atoms with van der Waals surface area (Å²) in [5.41, 5.74) is 0.896. The first kappa shape index (κ1) is 15.9. The Kier molecular flexibility index (Phi) is 5.96. The second-order valence-corrected chi connectivity index (χ2v) is 5.02. The maximum Gasteiger partial charge on any atom is 0.306 e.